The van der Waals surface area contributed by atoms with E-state index in [2.05, 4.69) is 6.58 Å². The summed E-state index contributed by atoms with van der Waals surface area (Å²) in [6, 6.07) is 4.95. The lowest BCUT2D eigenvalue weighted by atomic mass is 10.0. The van der Waals surface area contributed by atoms with Gasteiger partial charge in [0.05, 0.1) is 0 Å². The third-order valence-corrected chi connectivity index (χ3v) is 2.63. The molecule has 18 heavy (non-hydrogen) atoms. The van der Waals surface area contributed by atoms with E-state index >= 15 is 0 Å². The van der Waals surface area contributed by atoms with E-state index in [1.165, 1.54) is 6.07 Å². The largest absolute Gasteiger partial charge is 0.366 e. The van der Waals surface area contributed by atoms with Gasteiger partial charge in [0.1, 0.15) is 0 Å². The van der Waals surface area contributed by atoms with Crippen molar-refractivity contribution in [2.24, 2.45) is 5.73 Å². The van der Waals surface area contributed by atoms with Crippen LogP contribution in [0.25, 0.3) is 0 Å². The Kier molecular flexibility index (Phi) is 4.66. The molecule has 0 saturated heterocycles. The van der Waals surface area contributed by atoms with E-state index in [4.69, 9.17) is 5.73 Å². The summed E-state index contributed by atoms with van der Waals surface area (Å²) in [6.45, 7) is 8.41. The molecule has 0 fully saturated rings. The number of hydrogen-bond acceptors (Lipinski definition) is 2. The first kappa shape index (κ1) is 14.0. The summed E-state index contributed by atoms with van der Waals surface area (Å²) in [5.74, 6) is -0.650. The molecule has 0 saturated carbocycles. The van der Waals surface area contributed by atoms with E-state index in [0.29, 0.717) is 24.2 Å². The van der Waals surface area contributed by atoms with Crippen LogP contribution < -0.4 is 5.73 Å². The van der Waals surface area contributed by atoms with E-state index in [0.717, 1.165) is 5.56 Å². The van der Waals surface area contributed by atoms with Gasteiger partial charge in [-0.25, -0.2) is 0 Å². The van der Waals surface area contributed by atoms with Crippen molar-refractivity contribution in [1.29, 1.82) is 0 Å². The molecule has 0 aliphatic rings. The molecule has 0 atom stereocenters. The molecule has 0 heterocycles. The molecular formula is C14H18N2O2. The predicted molar refractivity (Wildman–Crippen MR) is 71.5 cm³/mol. The number of rotatable bonds is 5. The van der Waals surface area contributed by atoms with Gasteiger partial charge in [0, 0.05) is 24.2 Å². The van der Waals surface area contributed by atoms with Crippen LogP contribution in [0, 0.1) is 6.92 Å². The summed E-state index contributed by atoms with van der Waals surface area (Å²) >= 11 is 0. The fraction of sp³-hybridized carbons (Fsp3) is 0.286. The zero-order valence-electron chi connectivity index (χ0n) is 10.8. The average molecular weight is 246 g/mol. The van der Waals surface area contributed by atoms with Crippen LogP contribution in [0.5, 0.6) is 0 Å². The van der Waals surface area contributed by atoms with E-state index in [1.807, 2.05) is 13.8 Å². The maximum absolute atomic E-state index is 12.2. The zero-order chi connectivity index (χ0) is 13.7. The van der Waals surface area contributed by atoms with Crippen molar-refractivity contribution in [1.82, 2.24) is 4.90 Å². The molecule has 0 aliphatic heterocycles. The van der Waals surface area contributed by atoms with Gasteiger partial charge in [0.15, 0.2) is 0 Å². The topological polar surface area (TPSA) is 63.4 Å². The fourth-order valence-corrected chi connectivity index (χ4v) is 1.74. The predicted octanol–water partition coefficient (Wildman–Crippen LogP) is 1.74. The van der Waals surface area contributed by atoms with Gasteiger partial charge in [0.25, 0.3) is 5.91 Å². The van der Waals surface area contributed by atoms with E-state index in [9.17, 15) is 9.59 Å². The molecule has 1 rings (SSSR count). The lowest BCUT2D eigenvalue weighted by Gasteiger charge is -2.19. The SMILES string of the molecule is C=CCN(CC)C(=O)c1cc(C)cc(C(N)=O)c1. The summed E-state index contributed by atoms with van der Waals surface area (Å²) in [5.41, 5.74) is 6.91. The van der Waals surface area contributed by atoms with Gasteiger partial charge in [0.2, 0.25) is 5.91 Å². The summed E-state index contributed by atoms with van der Waals surface area (Å²) in [6.07, 6.45) is 1.67. The Morgan fingerprint density at radius 2 is 1.94 bits per heavy atom. The monoisotopic (exact) mass is 246 g/mol. The maximum atomic E-state index is 12.2. The van der Waals surface area contributed by atoms with E-state index in [1.54, 1.807) is 23.1 Å². The van der Waals surface area contributed by atoms with Crippen molar-refractivity contribution in [3.05, 3.63) is 47.5 Å². The Hall–Kier alpha value is -2.10. The van der Waals surface area contributed by atoms with E-state index < -0.39 is 5.91 Å². The zero-order valence-corrected chi connectivity index (χ0v) is 10.8. The van der Waals surface area contributed by atoms with Gasteiger partial charge in [-0.15, -0.1) is 6.58 Å². The van der Waals surface area contributed by atoms with Crippen molar-refractivity contribution in [3.63, 3.8) is 0 Å². The second kappa shape index (κ2) is 6.00. The van der Waals surface area contributed by atoms with Crippen LogP contribution in [-0.4, -0.2) is 29.8 Å². The number of nitrogens with two attached hydrogens (primary N) is 1. The number of primary amides is 1. The van der Waals surface area contributed by atoms with E-state index in [-0.39, 0.29) is 5.91 Å². The van der Waals surface area contributed by atoms with Gasteiger partial charge in [-0.1, -0.05) is 6.08 Å². The molecular weight excluding hydrogens is 228 g/mol. The van der Waals surface area contributed by atoms with Crippen LogP contribution in [0.2, 0.25) is 0 Å². The van der Waals surface area contributed by atoms with Gasteiger partial charge in [-0.05, 0) is 37.6 Å². The number of nitrogens with zero attached hydrogens (tertiary/aromatic N) is 1. The van der Waals surface area contributed by atoms with Gasteiger partial charge in [-0.3, -0.25) is 9.59 Å². The molecule has 0 spiro atoms. The first-order valence-corrected chi connectivity index (χ1v) is 5.81. The minimum absolute atomic E-state index is 0.122. The normalized spacial score (nSPS) is 9.89. The molecule has 1 aromatic carbocycles. The summed E-state index contributed by atoms with van der Waals surface area (Å²) in [5, 5.41) is 0. The van der Waals surface area contributed by atoms with Crippen molar-refractivity contribution < 1.29 is 9.59 Å². The van der Waals surface area contributed by atoms with Gasteiger partial charge >= 0.3 is 0 Å². The van der Waals surface area contributed by atoms with Crippen molar-refractivity contribution in [2.45, 2.75) is 13.8 Å². The molecule has 0 radical (unpaired) electrons. The Balaban J connectivity index is 3.11. The number of carbonyl (C=O) groups is 2. The van der Waals surface area contributed by atoms with Crippen molar-refractivity contribution in [3.8, 4) is 0 Å². The number of carbonyl (C=O) groups excluding carboxylic acids is 2. The van der Waals surface area contributed by atoms with Crippen LogP contribution in [-0.2, 0) is 0 Å². The molecule has 0 unspecified atom stereocenters. The van der Waals surface area contributed by atoms with Crippen LogP contribution in [0.15, 0.2) is 30.9 Å². The molecule has 4 nitrogen and oxygen atoms in total. The highest BCUT2D eigenvalue weighted by atomic mass is 16.2. The lowest BCUT2D eigenvalue weighted by molar-refractivity contribution is 0.0782. The maximum Gasteiger partial charge on any atom is 0.254 e. The first-order valence-electron chi connectivity index (χ1n) is 5.81. The number of likely N-dealkylation sites (N-methyl/N-ethyl adjacent to an activating group) is 1. The smallest absolute Gasteiger partial charge is 0.254 e. The molecule has 2 amide bonds. The Labute approximate surface area is 107 Å². The Morgan fingerprint density at radius 1 is 1.33 bits per heavy atom. The molecule has 0 aliphatic carbocycles. The number of amides is 2. The lowest BCUT2D eigenvalue weighted by Crippen LogP contribution is -2.31. The Morgan fingerprint density at radius 3 is 2.44 bits per heavy atom. The van der Waals surface area contributed by atoms with Gasteiger partial charge < -0.3 is 10.6 Å². The fourth-order valence-electron chi connectivity index (χ4n) is 1.74. The van der Waals surface area contributed by atoms with Crippen LogP contribution >= 0.6 is 0 Å². The summed E-state index contributed by atoms with van der Waals surface area (Å²) < 4.78 is 0. The van der Waals surface area contributed by atoms with Crippen LogP contribution in [0.1, 0.15) is 33.2 Å². The molecule has 0 aromatic heterocycles. The third-order valence-electron chi connectivity index (χ3n) is 2.63. The number of aryl methyl sites for hydroxylation is 1. The van der Waals surface area contributed by atoms with Crippen molar-refractivity contribution >= 4 is 11.8 Å². The molecule has 4 heteroatoms. The molecule has 0 bridgehead atoms. The second-order valence-corrected chi connectivity index (χ2v) is 4.08. The van der Waals surface area contributed by atoms with Gasteiger partial charge in [-0.2, -0.15) is 0 Å². The first-order chi connectivity index (χ1) is 8.49. The Bertz CT molecular complexity index is 481. The standard InChI is InChI=1S/C14H18N2O2/c1-4-6-16(5-2)14(18)12-8-10(3)7-11(9-12)13(15)17/h4,7-9H,1,5-6H2,2-3H3,(H2,15,17). The highest BCUT2D eigenvalue weighted by Crippen LogP contribution is 2.12. The van der Waals surface area contributed by atoms with Crippen LogP contribution in [0.4, 0.5) is 0 Å². The highest BCUT2D eigenvalue weighted by molar-refractivity contribution is 5.99. The summed E-state index contributed by atoms with van der Waals surface area (Å²) in [7, 11) is 0. The van der Waals surface area contributed by atoms with Crippen molar-refractivity contribution in [2.75, 3.05) is 13.1 Å². The minimum atomic E-state index is -0.528. The molecule has 96 valence electrons. The number of hydrogen-bond donors (Lipinski definition) is 1. The third kappa shape index (κ3) is 3.20. The highest BCUT2D eigenvalue weighted by Gasteiger charge is 2.15. The number of benzene rings is 1. The average Bonchev–Trinajstić information content (AvgIpc) is 2.34. The molecule has 2 N–H and O–H groups in total. The molecule has 1 aromatic rings. The second-order valence-electron chi connectivity index (χ2n) is 4.08. The minimum Gasteiger partial charge on any atom is -0.366 e. The quantitative estimate of drug-likeness (QED) is 0.804. The van der Waals surface area contributed by atoms with Crippen LogP contribution in [0.3, 0.4) is 0 Å². The summed E-state index contributed by atoms with van der Waals surface area (Å²) in [4.78, 5) is 25.0.